The fraction of sp³-hybridized carbons (Fsp3) is 0.667. The van der Waals surface area contributed by atoms with Crippen molar-refractivity contribution in [2.45, 2.75) is 26.8 Å². The molecule has 0 atom stereocenters. The van der Waals surface area contributed by atoms with Crippen molar-refractivity contribution in [3.8, 4) is 0 Å². The van der Waals surface area contributed by atoms with Crippen LogP contribution in [0.15, 0.2) is 12.5 Å². The standard InChI is InChI=1S/C8H15N2.CH4O5S/c1-7(2)10-5-8(3)9(4)6-10;1-5-7(3,4)6-2/h5-7H,1-4H3;2H,1H3/q+1;/p-1. The highest BCUT2D eigenvalue weighted by atomic mass is 32.3. The number of hydrogen-bond donors (Lipinski definition) is 0. The summed E-state index contributed by atoms with van der Waals surface area (Å²) in [5.74, 6) is 0. The van der Waals surface area contributed by atoms with E-state index in [1.807, 2.05) is 0 Å². The van der Waals surface area contributed by atoms with Gasteiger partial charge in [0, 0.05) is 6.92 Å². The first-order valence-corrected chi connectivity index (χ1v) is 6.22. The molecule has 0 radical (unpaired) electrons. The van der Waals surface area contributed by atoms with Gasteiger partial charge in [0.05, 0.1) is 20.2 Å². The third-order valence-electron chi connectivity index (χ3n) is 2.08. The summed E-state index contributed by atoms with van der Waals surface area (Å²) in [6.45, 7) is 6.47. The highest BCUT2D eigenvalue weighted by Gasteiger charge is 2.07. The number of rotatable bonds is 3. The van der Waals surface area contributed by atoms with Crippen LogP contribution >= 0.6 is 0 Å². The normalized spacial score (nSPS) is 11.2. The number of nitrogens with zero attached hydrogens (tertiary/aromatic N) is 2. The molecule has 7 nitrogen and oxygen atoms in total. The van der Waals surface area contributed by atoms with Crippen LogP contribution in [0.2, 0.25) is 0 Å². The Morgan fingerprint density at radius 2 is 2.00 bits per heavy atom. The first kappa shape index (κ1) is 16.0. The minimum absolute atomic E-state index is 0.569. The quantitative estimate of drug-likeness (QED) is 0.413. The van der Waals surface area contributed by atoms with Gasteiger partial charge in [-0.25, -0.2) is 9.13 Å². The van der Waals surface area contributed by atoms with Crippen molar-refractivity contribution in [2.75, 3.05) is 7.11 Å². The van der Waals surface area contributed by atoms with Crippen molar-refractivity contribution in [3.05, 3.63) is 18.2 Å². The first-order valence-electron chi connectivity index (χ1n) is 4.89. The molecule has 0 aliphatic rings. The fourth-order valence-electron chi connectivity index (χ4n) is 0.941. The molecule has 0 unspecified atom stereocenters. The van der Waals surface area contributed by atoms with E-state index < -0.39 is 10.4 Å². The van der Waals surface area contributed by atoms with E-state index in [-0.39, 0.29) is 0 Å². The summed E-state index contributed by atoms with van der Waals surface area (Å²) in [5, 5.41) is 8.97. The monoisotopic (exact) mass is 266 g/mol. The van der Waals surface area contributed by atoms with E-state index >= 15 is 0 Å². The predicted octanol–water partition coefficient (Wildman–Crippen LogP) is -0.629. The lowest BCUT2D eigenvalue weighted by Gasteiger charge is -2.01. The zero-order chi connectivity index (χ0) is 13.6. The van der Waals surface area contributed by atoms with Crippen LogP contribution < -0.4 is 9.82 Å². The Labute approximate surface area is 101 Å². The van der Waals surface area contributed by atoms with Gasteiger partial charge in [-0.2, -0.15) is 8.42 Å². The van der Waals surface area contributed by atoms with E-state index in [0.717, 1.165) is 7.11 Å². The van der Waals surface area contributed by atoms with Crippen LogP contribution in [0, 0.1) is 6.92 Å². The molecule has 0 fully saturated rings. The van der Waals surface area contributed by atoms with E-state index in [0.29, 0.717) is 6.04 Å². The number of imidazole rings is 1. The van der Waals surface area contributed by atoms with Gasteiger partial charge in [-0.3, -0.25) is 4.18 Å². The molecule has 0 aromatic carbocycles. The lowest BCUT2D eigenvalue weighted by Crippen LogP contribution is -2.33. The molecule has 1 aromatic heterocycles. The Hall–Kier alpha value is -0.960. The highest BCUT2D eigenvalue weighted by molar-refractivity contribution is 7.81. The third-order valence-corrected chi connectivity index (χ3v) is 2.66. The van der Waals surface area contributed by atoms with Gasteiger partial charge in [-0.15, -0.1) is 0 Å². The highest BCUT2D eigenvalue weighted by Crippen LogP contribution is 1.95. The summed E-state index contributed by atoms with van der Waals surface area (Å²) in [6.07, 6.45) is 4.27. The Morgan fingerprint density at radius 3 is 2.12 bits per heavy atom. The van der Waals surface area contributed by atoms with Gasteiger partial charge in [0.2, 0.25) is 6.33 Å². The van der Waals surface area contributed by atoms with Gasteiger partial charge in [-0.05, 0) is 13.8 Å². The topological polar surface area (TPSA) is 84.5 Å². The lowest BCUT2D eigenvalue weighted by molar-refractivity contribution is -0.715. The Kier molecular flexibility index (Phi) is 6.32. The van der Waals surface area contributed by atoms with Crippen LogP contribution in [-0.4, -0.2) is 20.1 Å². The molecule has 0 aliphatic heterocycles. The molecule has 0 amide bonds. The second kappa shape index (κ2) is 6.70. The lowest BCUT2D eigenvalue weighted by atomic mass is 10.4. The zero-order valence-corrected chi connectivity index (χ0v) is 11.4. The van der Waals surface area contributed by atoms with Gasteiger partial charge in [-0.1, -0.05) is 0 Å². The van der Waals surface area contributed by atoms with E-state index in [2.05, 4.69) is 58.0 Å². The van der Waals surface area contributed by atoms with Crippen LogP contribution in [0.3, 0.4) is 0 Å². The zero-order valence-electron chi connectivity index (χ0n) is 10.6. The molecule has 0 N–H and O–H groups in total. The maximum absolute atomic E-state index is 9.61. The van der Waals surface area contributed by atoms with Crippen LogP contribution in [0.25, 0.3) is 0 Å². The molecule has 1 rings (SSSR count). The molecule has 0 saturated carbocycles. The van der Waals surface area contributed by atoms with E-state index in [1.165, 1.54) is 5.69 Å². The van der Waals surface area contributed by atoms with Crippen LogP contribution in [-0.2, 0) is 26.0 Å². The summed E-state index contributed by atoms with van der Waals surface area (Å²) in [4.78, 5) is 0. The minimum Gasteiger partial charge on any atom is -0.705 e. The number of aryl methyl sites for hydroxylation is 2. The molecular formula is C9H18N2O5S. The van der Waals surface area contributed by atoms with E-state index in [4.69, 9.17) is 5.26 Å². The van der Waals surface area contributed by atoms with Crippen molar-refractivity contribution in [3.63, 3.8) is 0 Å². The van der Waals surface area contributed by atoms with Crippen molar-refractivity contribution < 1.29 is 26.8 Å². The average Bonchev–Trinajstić information content (AvgIpc) is 2.60. The molecule has 0 bridgehead atoms. The van der Waals surface area contributed by atoms with Gasteiger partial charge in [0.1, 0.15) is 11.9 Å². The number of hydrogen-bond acceptors (Lipinski definition) is 5. The number of aromatic nitrogens is 2. The van der Waals surface area contributed by atoms with E-state index in [9.17, 15) is 8.42 Å². The molecule has 0 aliphatic carbocycles. The smallest absolute Gasteiger partial charge is 0.390 e. The van der Waals surface area contributed by atoms with Crippen molar-refractivity contribution >= 4 is 10.4 Å². The summed E-state index contributed by atoms with van der Waals surface area (Å²) in [7, 11) is -1.32. The Morgan fingerprint density at radius 1 is 1.47 bits per heavy atom. The van der Waals surface area contributed by atoms with E-state index in [1.54, 1.807) is 0 Å². The SMILES string of the molecule is COS(=O)(=O)O[O-].Cc1c[n+](C(C)C)cn1C. The molecule has 100 valence electrons. The maximum atomic E-state index is 9.61. The van der Waals surface area contributed by atoms with Crippen molar-refractivity contribution in [1.82, 2.24) is 4.57 Å². The maximum Gasteiger partial charge on any atom is 0.390 e. The molecule has 0 saturated heterocycles. The van der Waals surface area contributed by atoms with Crippen LogP contribution in [0.1, 0.15) is 25.6 Å². The van der Waals surface area contributed by atoms with Crippen LogP contribution in [0.5, 0.6) is 0 Å². The van der Waals surface area contributed by atoms with Gasteiger partial charge in [0.25, 0.3) is 0 Å². The second-order valence-corrected chi connectivity index (χ2v) is 4.97. The summed E-state index contributed by atoms with van der Waals surface area (Å²) in [5.41, 5.74) is 1.30. The third kappa shape index (κ3) is 5.78. The minimum atomic E-state index is -4.21. The molecule has 1 aromatic rings. The summed E-state index contributed by atoms with van der Waals surface area (Å²) in [6, 6.07) is 0.569. The van der Waals surface area contributed by atoms with Crippen LogP contribution in [0.4, 0.5) is 0 Å². The molecule has 17 heavy (non-hydrogen) atoms. The first-order chi connectivity index (χ1) is 7.73. The summed E-state index contributed by atoms with van der Waals surface area (Å²) >= 11 is 0. The van der Waals surface area contributed by atoms with Gasteiger partial charge >= 0.3 is 10.4 Å². The van der Waals surface area contributed by atoms with Crippen molar-refractivity contribution in [1.29, 1.82) is 0 Å². The molecular weight excluding hydrogens is 248 g/mol. The average molecular weight is 266 g/mol. The van der Waals surface area contributed by atoms with Gasteiger partial charge < -0.3 is 9.59 Å². The predicted molar refractivity (Wildman–Crippen MR) is 57.7 cm³/mol. The largest absolute Gasteiger partial charge is 0.705 e. The van der Waals surface area contributed by atoms with Crippen molar-refractivity contribution in [2.24, 2.45) is 7.05 Å². The molecule has 0 spiro atoms. The Bertz CT molecular complexity index is 409. The van der Waals surface area contributed by atoms with Gasteiger partial charge in [0.15, 0.2) is 0 Å². The second-order valence-electron chi connectivity index (χ2n) is 3.68. The molecule has 8 heteroatoms. The Balaban J connectivity index is 0.000000325. The molecule has 1 heterocycles. The fourth-order valence-corrected chi connectivity index (χ4v) is 0.997. The summed E-state index contributed by atoms with van der Waals surface area (Å²) < 4.78 is 29.7.